The summed E-state index contributed by atoms with van der Waals surface area (Å²) >= 11 is 3.47. The minimum Gasteiger partial charge on any atom is -0.312 e. The summed E-state index contributed by atoms with van der Waals surface area (Å²) in [4.78, 5) is 27.8. The van der Waals surface area contributed by atoms with Crippen LogP contribution in [-0.4, -0.2) is 40.4 Å². The number of hydrogen-bond acceptors (Lipinski definition) is 5. The van der Waals surface area contributed by atoms with Gasteiger partial charge in [-0.05, 0) is 30.3 Å². The minimum absolute atomic E-state index is 0.0153. The Morgan fingerprint density at radius 2 is 2.22 bits per heavy atom. The smallest absolute Gasteiger partial charge is 0.171 e. The molecule has 0 aliphatic carbocycles. The molecule has 0 fully saturated rings. The molecule has 2 aliphatic rings. The average molecular weight is 369 g/mol. The van der Waals surface area contributed by atoms with Crippen LogP contribution in [0.2, 0.25) is 0 Å². The number of hydrogen-bond donors (Lipinski definition) is 0. The van der Waals surface area contributed by atoms with Gasteiger partial charge in [0.15, 0.2) is 5.78 Å². The standard InChI is InChI=1S/C17H13BrN4O/c18-12-3-4-13-14(8-12)21-16(22-7-6-20-17(13)22)9-15(23)11-2-1-5-19-10-11/h1-5,8,10H,6-7,9H2. The first kappa shape index (κ1) is 14.3. The highest BCUT2D eigenvalue weighted by molar-refractivity contribution is 9.10. The predicted octanol–water partition coefficient (Wildman–Crippen LogP) is 3.22. The number of fused-ring (bicyclic) bond motifs is 3. The fourth-order valence-corrected chi connectivity index (χ4v) is 3.17. The van der Waals surface area contributed by atoms with E-state index >= 15 is 0 Å². The third kappa shape index (κ3) is 2.59. The zero-order valence-corrected chi connectivity index (χ0v) is 13.8. The molecule has 0 N–H and O–H groups in total. The summed E-state index contributed by atoms with van der Waals surface area (Å²) in [5.41, 5.74) is 2.47. The number of aliphatic imine (C=N–C) groups is 2. The van der Waals surface area contributed by atoms with Gasteiger partial charge in [0.2, 0.25) is 0 Å². The van der Waals surface area contributed by atoms with E-state index in [1.54, 1.807) is 24.5 Å². The molecule has 3 heterocycles. The van der Waals surface area contributed by atoms with E-state index in [0.29, 0.717) is 5.56 Å². The van der Waals surface area contributed by atoms with Gasteiger partial charge in [-0.25, -0.2) is 4.99 Å². The van der Waals surface area contributed by atoms with Crippen molar-refractivity contribution < 1.29 is 4.79 Å². The summed E-state index contributed by atoms with van der Waals surface area (Å²) in [5.74, 6) is 1.68. The lowest BCUT2D eigenvalue weighted by atomic mass is 10.1. The first-order valence-corrected chi connectivity index (χ1v) is 8.14. The van der Waals surface area contributed by atoms with Crippen LogP contribution in [0.1, 0.15) is 22.3 Å². The number of nitrogens with zero attached hydrogens (tertiary/aromatic N) is 4. The van der Waals surface area contributed by atoms with Crippen LogP contribution in [0.15, 0.2) is 57.2 Å². The second-order valence-electron chi connectivity index (χ2n) is 5.39. The van der Waals surface area contributed by atoms with Crippen molar-refractivity contribution in [1.29, 1.82) is 0 Å². The zero-order chi connectivity index (χ0) is 15.8. The monoisotopic (exact) mass is 368 g/mol. The molecule has 5 nitrogen and oxygen atoms in total. The first-order chi connectivity index (χ1) is 11.2. The molecule has 2 aliphatic heterocycles. The predicted molar refractivity (Wildman–Crippen MR) is 92.5 cm³/mol. The lowest BCUT2D eigenvalue weighted by Crippen LogP contribution is -2.38. The number of rotatable bonds is 3. The Bertz CT molecular complexity index is 845. The van der Waals surface area contributed by atoms with E-state index in [1.165, 1.54) is 0 Å². The van der Waals surface area contributed by atoms with Gasteiger partial charge in [-0.2, -0.15) is 0 Å². The van der Waals surface area contributed by atoms with Crippen LogP contribution < -0.4 is 0 Å². The van der Waals surface area contributed by atoms with Gasteiger partial charge in [0.05, 0.1) is 18.7 Å². The number of Topliss-reactive ketones (excluding diaryl/α,β-unsaturated/α-hetero) is 1. The number of halogens is 1. The van der Waals surface area contributed by atoms with E-state index in [4.69, 9.17) is 4.99 Å². The molecule has 0 radical (unpaired) electrons. The summed E-state index contributed by atoms with van der Waals surface area (Å²) in [7, 11) is 0. The van der Waals surface area contributed by atoms with Crippen molar-refractivity contribution in [1.82, 2.24) is 9.88 Å². The van der Waals surface area contributed by atoms with Crippen molar-refractivity contribution in [3.8, 4) is 0 Å². The van der Waals surface area contributed by atoms with Gasteiger partial charge >= 0.3 is 0 Å². The molecule has 0 spiro atoms. The highest BCUT2D eigenvalue weighted by atomic mass is 79.9. The first-order valence-electron chi connectivity index (χ1n) is 7.35. The molecule has 1 aromatic carbocycles. The Kier molecular flexibility index (Phi) is 3.53. The van der Waals surface area contributed by atoms with Crippen molar-refractivity contribution >= 4 is 39.1 Å². The minimum atomic E-state index is 0.0153. The molecular formula is C17H13BrN4O. The fourth-order valence-electron chi connectivity index (χ4n) is 2.82. The Hall–Kier alpha value is -2.34. The van der Waals surface area contributed by atoms with E-state index in [9.17, 15) is 4.79 Å². The maximum absolute atomic E-state index is 12.5. The summed E-state index contributed by atoms with van der Waals surface area (Å²) in [6, 6.07) is 9.51. The lowest BCUT2D eigenvalue weighted by Gasteiger charge is -2.27. The van der Waals surface area contributed by atoms with E-state index in [0.717, 1.165) is 40.5 Å². The Balaban J connectivity index is 1.71. The molecule has 0 amide bonds. The molecule has 0 saturated carbocycles. The lowest BCUT2D eigenvalue weighted by molar-refractivity contribution is 0.0998. The Labute approximate surface area is 141 Å². The summed E-state index contributed by atoms with van der Waals surface area (Å²) in [5, 5.41) is 0. The second-order valence-corrected chi connectivity index (χ2v) is 6.30. The fraction of sp³-hybridized carbons (Fsp3) is 0.176. The highest BCUT2D eigenvalue weighted by Crippen LogP contribution is 2.32. The van der Waals surface area contributed by atoms with Crippen LogP contribution in [0.4, 0.5) is 5.69 Å². The van der Waals surface area contributed by atoms with Gasteiger partial charge in [0.1, 0.15) is 11.7 Å². The Morgan fingerprint density at radius 3 is 3.04 bits per heavy atom. The van der Waals surface area contributed by atoms with Crippen LogP contribution in [0.3, 0.4) is 0 Å². The van der Waals surface area contributed by atoms with Crippen LogP contribution >= 0.6 is 15.9 Å². The van der Waals surface area contributed by atoms with Gasteiger partial charge in [0.25, 0.3) is 0 Å². The van der Waals surface area contributed by atoms with Crippen molar-refractivity contribution in [3.05, 3.63) is 58.3 Å². The number of carbonyl (C=O) groups is 1. The van der Waals surface area contributed by atoms with Crippen molar-refractivity contribution in [3.63, 3.8) is 0 Å². The van der Waals surface area contributed by atoms with Crippen molar-refractivity contribution in [2.45, 2.75) is 6.42 Å². The molecule has 6 heteroatoms. The molecule has 114 valence electrons. The van der Waals surface area contributed by atoms with Crippen LogP contribution in [0.25, 0.3) is 0 Å². The number of benzene rings is 1. The average Bonchev–Trinajstić information content (AvgIpc) is 3.05. The van der Waals surface area contributed by atoms with Crippen LogP contribution in [-0.2, 0) is 0 Å². The van der Waals surface area contributed by atoms with Gasteiger partial charge in [-0.1, -0.05) is 15.9 Å². The zero-order valence-electron chi connectivity index (χ0n) is 12.2. The molecule has 0 saturated heterocycles. The molecule has 0 atom stereocenters. The topological polar surface area (TPSA) is 57.9 Å². The van der Waals surface area contributed by atoms with E-state index in [-0.39, 0.29) is 12.2 Å². The van der Waals surface area contributed by atoms with Crippen molar-refractivity contribution in [2.75, 3.05) is 13.1 Å². The normalized spacial score (nSPS) is 15.6. The van der Waals surface area contributed by atoms with E-state index < -0.39 is 0 Å². The van der Waals surface area contributed by atoms with Crippen LogP contribution in [0.5, 0.6) is 0 Å². The summed E-state index contributed by atoms with van der Waals surface area (Å²) < 4.78 is 0.963. The number of pyridine rings is 1. The third-order valence-corrected chi connectivity index (χ3v) is 4.40. The van der Waals surface area contributed by atoms with Gasteiger partial charge in [-0.15, -0.1) is 0 Å². The number of aromatic nitrogens is 1. The quantitative estimate of drug-likeness (QED) is 0.781. The largest absolute Gasteiger partial charge is 0.312 e. The maximum atomic E-state index is 12.5. The molecule has 2 aromatic rings. The van der Waals surface area contributed by atoms with E-state index in [2.05, 4.69) is 25.9 Å². The maximum Gasteiger partial charge on any atom is 0.171 e. The highest BCUT2D eigenvalue weighted by Gasteiger charge is 2.30. The molecule has 0 unspecified atom stereocenters. The number of amidine groups is 2. The molecular weight excluding hydrogens is 356 g/mol. The van der Waals surface area contributed by atoms with Gasteiger partial charge in [0, 0.05) is 34.5 Å². The summed E-state index contributed by atoms with van der Waals surface area (Å²) in [6.45, 7) is 1.49. The molecule has 1 aromatic heterocycles. The third-order valence-electron chi connectivity index (χ3n) is 3.90. The summed E-state index contributed by atoms with van der Waals surface area (Å²) in [6.07, 6.45) is 3.50. The molecule has 4 rings (SSSR count). The SMILES string of the molecule is O=C(CC1=Nc2cc(Br)ccc2C2=NCCN12)c1cccnc1. The van der Waals surface area contributed by atoms with Crippen molar-refractivity contribution in [2.24, 2.45) is 9.98 Å². The second kappa shape index (κ2) is 5.70. The van der Waals surface area contributed by atoms with Gasteiger partial charge < -0.3 is 4.90 Å². The molecule has 0 bridgehead atoms. The number of carbonyl (C=O) groups excluding carboxylic acids is 1. The molecule has 23 heavy (non-hydrogen) atoms. The van der Waals surface area contributed by atoms with Crippen LogP contribution in [0, 0.1) is 0 Å². The number of ketones is 1. The Morgan fingerprint density at radius 1 is 1.30 bits per heavy atom. The van der Waals surface area contributed by atoms with Gasteiger partial charge in [-0.3, -0.25) is 14.8 Å². The van der Waals surface area contributed by atoms with E-state index in [1.807, 2.05) is 23.1 Å².